The maximum absolute atomic E-state index is 5.61. The lowest BCUT2D eigenvalue weighted by molar-refractivity contribution is 0.465. The highest BCUT2D eigenvalue weighted by Gasteiger charge is 2.04. The van der Waals surface area contributed by atoms with Crippen molar-refractivity contribution in [2.24, 2.45) is 5.92 Å². The van der Waals surface area contributed by atoms with Gasteiger partial charge in [0.2, 0.25) is 11.2 Å². The Morgan fingerprint density at radius 2 is 2.07 bits per heavy atom. The zero-order chi connectivity index (χ0) is 11.3. The maximum atomic E-state index is 5.61. The summed E-state index contributed by atoms with van der Waals surface area (Å²) in [5.74, 6) is 1.09. The summed E-state index contributed by atoms with van der Waals surface area (Å²) >= 11 is 5.61. The van der Waals surface area contributed by atoms with Gasteiger partial charge in [-0.15, -0.1) is 0 Å². The van der Waals surface area contributed by atoms with Crippen molar-refractivity contribution in [3.63, 3.8) is 0 Å². The maximum Gasteiger partial charge on any atom is 0.241 e. The fraction of sp³-hybridized carbons (Fsp3) is 0.667. The summed E-state index contributed by atoms with van der Waals surface area (Å²) in [5.41, 5.74) is 5.99. The van der Waals surface area contributed by atoms with Gasteiger partial charge in [-0.05, 0) is 30.9 Å². The Balaban J connectivity index is 2.36. The molecule has 0 saturated heterocycles. The van der Waals surface area contributed by atoms with Gasteiger partial charge >= 0.3 is 0 Å². The molecule has 0 radical (unpaired) electrons. The number of nitrogens with zero attached hydrogens (tertiary/aromatic N) is 3. The molecule has 84 valence electrons. The molecule has 1 aromatic rings. The highest BCUT2D eigenvalue weighted by atomic mass is 35.5. The van der Waals surface area contributed by atoms with E-state index in [0.717, 1.165) is 6.42 Å². The van der Waals surface area contributed by atoms with Gasteiger partial charge in [-0.25, -0.2) is 15.4 Å². The summed E-state index contributed by atoms with van der Waals surface area (Å²) < 4.78 is 0. The van der Waals surface area contributed by atoms with Gasteiger partial charge in [0.1, 0.15) is 6.33 Å². The normalized spacial score (nSPS) is 12.9. The minimum Gasteiger partial charge on any atom is -0.289 e. The summed E-state index contributed by atoms with van der Waals surface area (Å²) in [6, 6.07) is 0.348. The van der Waals surface area contributed by atoms with Crippen molar-refractivity contribution in [1.82, 2.24) is 20.4 Å². The van der Waals surface area contributed by atoms with Crippen LogP contribution in [0.25, 0.3) is 0 Å². The van der Waals surface area contributed by atoms with Crippen LogP contribution >= 0.6 is 11.6 Å². The number of nitrogens with one attached hydrogen (secondary N) is 2. The molecule has 0 spiro atoms. The fourth-order valence-electron chi connectivity index (χ4n) is 1.29. The van der Waals surface area contributed by atoms with Crippen molar-refractivity contribution in [1.29, 1.82) is 0 Å². The Kier molecular flexibility index (Phi) is 4.71. The fourth-order valence-corrected chi connectivity index (χ4v) is 1.41. The molecule has 0 fully saturated rings. The van der Waals surface area contributed by atoms with Crippen molar-refractivity contribution >= 4 is 17.5 Å². The first-order valence-corrected chi connectivity index (χ1v) is 5.31. The summed E-state index contributed by atoms with van der Waals surface area (Å²) in [7, 11) is 0. The monoisotopic (exact) mass is 229 g/mol. The molecule has 15 heavy (non-hydrogen) atoms. The van der Waals surface area contributed by atoms with Gasteiger partial charge in [0.05, 0.1) is 0 Å². The van der Waals surface area contributed by atoms with E-state index in [9.17, 15) is 0 Å². The van der Waals surface area contributed by atoms with E-state index in [4.69, 9.17) is 11.6 Å². The number of hydrogen-bond acceptors (Lipinski definition) is 5. The Morgan fingerprint density at radius 1 is 1.33 bits per heavy atom. The van der Waals surface area contributed by atoms with Crippen LogP contribution in [0, 0.1) is 5.92 Å². The summed E-state index contributed by atoms with van der Waals surface area (Å²) in [6.45, 7) is 6.45. The molecule has 0 bridgehead atoms. The van der Waals surface area contributed by atoms with E-state index < -0.39 is 0 Å². The number of hydrazine groups is 1. The Morgan fingerprint density at radius 3 is 2.67 bits per heavy atom. The number of halogens is 1. The lowest BCUT2D eigenvalue weighted by Gasteiger charge is -2.16. The van der Waals surface area contributed by atoms with Gasteiger partial charge in [-0.3, -0.25) is 5.43 Å². The van der Waals surface area contributed by atoms with Crippen LogP contribution in [-0.2, 0) is 0 Å². The summed E-state index contributed by atoms with van der Waals surface area (Å²) in [4.78, 5) is 11.5. The first-order chi connectivity index (χ1) is 7.08. The molecule has 5 nitrogen and oxygen atoms in total. The first kappa shape index (κ1) is 12.1. The van der Waals surface area contributed by atoms with Crippen LogP contribution in [-0.4, -0.2) is 21.0 Å². The molecule has 1 rings (SSSR count). The van der Waals surface area contributed by atoms with Crippen LogP contribution in [0.15, 0.2) is 6.33 Å². The second kappa shape index (κ2) is 5.82. The van der Waals surface area contributed by atoms with Gasteiger partial charge in [0, 0.05) is 6.04 Å². The van der Waals surface area contributed by atoms with E-state index in [1.807, 2.05) is 0 Å². The zero-order valence-corrected chi connectivity index (χ0v) is 9.91. The van der Waals surface area contributed by atoms with Crippen molar-refractivity contribution in [3.8, 4) is 0 Å². The SMILES string of the molecule is CC(C)CC(C)NNc1ncnc(Cl)n1. The molecule has 0 saturated carbocycles. The Labute approximate surface area is 94.7 Å². The average molecular weight is 230 g/mol. The van der Waals surface area contributed by atoms with Gasteiger partial charge < -0.3 is 0 Å². The second-order valence-electron chi connectivity index (χ2n) is 3.88. The summed E-state index contributed by atoms with van der Waals surface area (Å²) in [6.07, 6.45) is 2.44. The van der Waals surface area contributed by atoms with Crippen LogP contribution in [0.4, 0.5) is 5.95 Å². The average Bonchev–Trinajstić information content (AvgIpc) is 2.14. The molecular formula is C9H16ClN5. The third-order valence-electron chi connectivity index (χ3n) is 1.80. The number of hydrogen-bond donors (Lipinski definition) is 2. The molecule has 1 heterocycles. The minimum atomic E-state index is 0.186. The Bertz CT molecular complexity index is 304. The van der Waals surface area contributed by atoms with Crippen molar-refractivity contribution < 1.29 is 0 Å². The summed E-state index contributed by atoms with van der Waals surface area (Å²) in [5, 5.41) is 0.186. The molecule has 1 unspecified atom stereocenters. The molecule has 0 amide bonds. The molecule has 1 atom stereocenters. The van der Waals surface area contributed by atoms with Gasteiger partial charge in [-0.2, -0.15) is 4.98 Å². The van der Waals surface area contributed by atoms with Crippen LogP contribution in [0.2, 0.25) is 5.28 Å². The third kappa shape index (κ3) is 4.90. The zero-order valence-electron chi connectivity index (χ0n) is 9.16. The van der Waals surface area contributed by atoms with Gasteiger partial charge in [0.15, 0.2) is 0 Å². The van der Waals surface area contributed by atoms with E-state index in [1.54, 1.807) is 0 Å². The number of rotatable bonds is 5. The lowest BCUT2D eigenvalue weighted by atomic mass is 10.1. The molecule has 2 N–H and O–H groups in total. The van der Waals surface area contributed by atoms with E-state index in [2.05, 4.69) is 46.6 Å². The molecule has 0 aliphatic carbocycles. The second-order valence-corrected chi connectivity index (χ2v) is 4.22. The Hall–Kier alpha value is -0.940. The van der Waals surface area contributed by atoms with Crippen LogP contribution in [0.3, 0.4) is 0 Å². The van der Waals surface area contributed by atoms with Gasteiger partial charge in [0.25, 0.3) is 0 Å². The van der Waals surface area contributed by atoms with Gasteiger partial charge in [-0.1, -0.05) is 13.8 Å². The quantitative estimate of drug-likeness (QED) is 0.755. The largest absolute Gasteiger partial charge is 0.289 e. The molecule has 0 aliphatic heterocycles. The predicted octanol–water partition coefficient (Wildman–Crippen LogP) is 1.88. The van der Waals surface area contributed by atoms with Crippen molar-refractivity contribution in [2.75, 3.05) is 5.43 Å². The highest BCUT2D eigenvalue weighted by Crippen LogP contribution is 2.04. The number of anilines is 1. The van der Waals surface area contributed by atoms with Crippen LogP contribution in [0.1, 0.15) is 27.2 Å². The molecular weight excluding hydrogens is 214 g/mol. The smallest absolute Gasteiger partial charge is 0.241 e. The third-order valence-corrected chi connectivity index (χ3v) is 1.98. The van der Waals surface area contributed by atoms with E-state index in [-0.39, 0.29) is 5.28 Å². The highest BCUT2D eigenvalue weighted by molar-refractivity contribution is 6.28. The van der Waals surface area contributed by atoms with E-state index in [1.165, 1.54) is 6.33 Å². The minimum absolute atomic E-state index is 0.186. The molecule has 0 aliphatic rings. The molecule has 1 aromatic heterocycles. The van der Waals surface area contributed by atoms with E-state index >= 15 is 0 Å². The predicted molar refractivity (Wildman–Crippen MR) is 60.5 cm³/mol. The molecule has 6 heteroatoms. The number of aromatic nitrogens is 3. The molecule has 0 aromatic carbocycles. The first-order valence-electron chi connectivity index (χ1n) is 4.94. The van der Waals surface area contributed by atoms with Crippen molar-refractivity contribution in [2.45, 2.75) is 33.2 Å². The standard InChI is InChI=1S/C9H16ClN5/c1-6(2)4-7(3)14-15-9-12-5-11-8(10)13-9/h5-7,14H,4H2,1-3H3,(H,11,12,13,15). The van der Waals surface area contributed by atoms with E-state index in [0.29, 0.717) is 17.9 Å². The van der Waals surface area contributed by atoms with Crippen LogP contribution < -0.4 is 10.9 Å². The van der Waals surface area contributed by atoms with Crippen molar-refractivity contribution in [3.05, 3.63) is 11.6 Å². The van der Waals surface area contributed by atoms with Crippen LogP contribution in [0.5, 0.6) is 0 Å². The topological polar surface area (TPSA) is 62.7 Å². The lowest BCUT2D eigenvalue weighted by Crippen LogP contribution is -2.33.